The van der Waals surface area contributed by atoms with E-state index in [9.17, 15) is 0 Å². The molecule has 0 aliphatic heterocycles. The summed E-state index contributed by atoms with van der Waals surface area (Å²) in [6, 6.07) is 20.2. The second-order valence-corrected chi connectivity index (χ2v) is 10.2. The molecule has 0 heterocycles. The van der Waals surface area contributed by atoms with Crippen LogP contribution in [0.3, 0.4) is 0 Å². The first-order valence-electron chi connectivity index (χ1n) is 15.9. The molecule has 0 saturated carbocycles. The molecule has 1 N–H and O–H groups in total. The van der Waals surface area contributed by atoms with Crippen LogP contribution in [0.25, 0.3) is 0 Å². The summed E-state index contributed by atoms with van der Waals surface area (Å²) in [6.45, 7) is 11.3. The zero-order valence-corrected chi connectivity index (χ0v) is 28.8. The van der Waals surface area contributed by atoms with Crippen molar-refractivity contribution in [1.82, 2.24) is 0 Å². The molecule has 0 aromatic heterocycles. The van der Waals surface area contributed by atoms with Crippen LogP contribution in [-0.2, 0) is 60.6 Å². The average Bonchev–Trinajstić information content (AvgIpc) is 3.09. The second-order valence-electron chi connectivity index (χ2n) is 9.39. The Kier molecular flexibility index (Phi) is 33.6. The van der Waals surface area contributed by atoms with E-state index in [2.05, 4.69) is 15.9 Å². The number of ether oxygens (including phenoxy) is 10. The molecule has 11 nitrogen and oxygen atoms in total. The highest BCUT2D eigenvalue weighted by Crippen LogP contribution is 2.01. The molecule has 2 rings (SSSR count). The van der Waals surface area contributed by atoms with Gasteiger partial charge in [-0.25, -0.2) is 0 Å². The fraction of sp³-hybridized carbons (Fsp3) is 0.647. The Labute approximate surface area is 283 Å². The Balaban J connectivity index is 0.000000460. The molecule has 0 saturated heterocycles. The minimum atomic E-state index is 0.0421. The lowest BCUT2D eigenvalue weighted by Crippen LogP contribution is -2.13. The van der Waals surface area contributed by atoms with Crippen LogP contribution in [0, 0.1) is 0 Å². The van der Waals surface area contributed by atoms with Crippen molar-refractivity contribution >= 4 is 15.9 Å². The lowest BCUT2D eigenvalue weighted by molar-refractivity contribution is -0.0145. The molecule has 46 heavy (non-hydrogen) atoms. The Morgan fingerprint density at radius 1 is 0.348 bits per heavy atom. The van der Waals surface area contributed by atoms with Crippen LogP contribution in [-0.4, -0.2) is 136 Å². The number of hydrogen-bond acceptors (Lipinski definition) is 11. The molecule has 2 aromatic carbocycles. The van der Waals surface area contributed by atoms with Crippen molar-refractivity contribution in [2.24, 2.45) is 0 Å². The average molecular weight is 720 g/mol. The number of aliphatic hydroxyl groups excluding tert-OH is 1. The fourth-order valence-electron chi connectivity index (χ4n) is 3.41. The van der Waals surface area contributed by atoms with Crippen molar-refractivity contribution in [1.29, 1.82) is 0 Å². The van der Waals surface area contributed by atoms with Gasteiger partial charge in [-0.2, -0.15) is 0 Å². The van der Waals surface area contributed by atoms with Gasteiger partial charge in [0, 0.05) is 5.33 Å². The maximum Gasteiger partial charge on any atom is 0.0718 e. The molecule has 264 valence electrons. The van der Waals surface area contributed by atoms with E-state index in [-0.39, 0.29) is 6.61 Å². The third-order valence-corrected chi connectivity index (χ3v) is 5.98. The fourth-order valence-corrected chi connectivity index (χ4v) is 3.64. The summed E-state index contributed by atoms with van der Waals surface area (Å²) in [7, 11) is 0. The monoisotopic (exact) mass is 718 g/mol. The topological polar surface area (TPSA) is 113 Å². The predicted octanol–water partition coefficient (Wildman–Crippen LogP) is 3.93. The van der Waals surface area contributed by atoms with Gasteiger partial charge in [-0.05, 0) is 11.1 Å². The Bertz CT molecular complexity index is 767. The highest BCUT2D eigenvalue weighted by molar-refractivity contribution is 9.09. The molecule has 0 bridgehead atoms. The molecular weight excluding hydrogens is 664 g/mol. The lowest BCUT2D eigenvalue weighted by Gasteiger charge is -2.07. The third kappa shape index (κ3) is 31.1. The van der Waals surface area contributed by atoms with Crippen LogP contribution >= 0.6 is 15.9 Å². The van der Waals surface area contributed by atoms with Crippen molar-refractivity contribution in [2.45, 2.75) is 13.2 Å². The van der Waals surface area contributed by atoms with Crippen LogP contribution < -0.4 is 0 Å². The summed E-state index contributed by atoms with van der Waals surface area (Å²) in [4.78, 5) is 0. The second kappa shape index (κ2) is 36.3. The normalized spacial score (nSPS) is 11.0. The SMILES string of the molecule is BrCCOCCOCCOCCOCCOCc1ccccc1.OCCOCCOCCOCCOCCOCc1ccccc1. The van der Waals surface area contributed by atoms with Gasteiger partial charge >= 0.3 is 0 Å². The van der Waals surface area contributed by atoms with Crippen LogP contribution in [0.2, 0.25) is 0 Å². The zero-order valence-electron chi connectivity index (χ0n) is 27.2. The standard InChI is InChI=1S/C17H27BrO5.C17H28O6/c2*18-6-7-19-8-9-20-10-11-21-12-13-22-14-15-23-16-17-4-2-1-3-5-17/h1-5H,6-16H2;1-5,18H,6-16H2. The highest BCUT2D eigenvalue weighted by Gasteiger charge is 1.96. The molecule has 12 heteroatoms. The molecular formula is C34H55BrO11. The number of aliphatic hydroxyl groups is 1. The van der Waals surface area contributed by atoms with E-state index in [1.165, 1.54) is 5.56 Å². The maximum atomic E-state index is 8.50. The first-order chi connectivity index (χ1) is 22.9. The van der Waals surface area contributed by atoms with Gasteiger partial charge in [-0.1, -0.05) is 76.6 Å². The number of hydrogen-bond donors (Lipinski definition) is 1. The molecule has 0 fully saturated rings. The molecule has 0 aliphatic carbocycles. The number of halogens is 1. The maximum absolute atomic E-state index is 8.50. The highest BCUT2D eigenvalue weighted by atomic mass is 79.9. The Hall–Kier alpha value is -1.52. The molecule has 0 aliphatic rings. The lowest BCUT2D eigenvalue weighted by atomic mass is 10.2. The van der Waals surface area contributed by atoms with Gasteiger partial charge in [0.05, 0.1) is 139 Å². The zero-order chi connectivity index (χ0) is 32.9. The van der Waals surface area contributed by atoms with Crippen molar-refractivity contribution in [3.63, 3.8) is 0 Å². The van der Waals surface area contributed by atoms with Gasteiger partial charge in [0.15, 0.2) is 0 Å². The summed E-state index contributed by atoms with van der Waals surface area (Å²) in [5.41, 5.74) is 2.34. The predicted molar refractivity (Wildman–Crippen MR) is 180 cm³/mol. The smallest absolute Gasteiger partial charge is 0.0718 e. The number of alkyl halides is 1. The Morgan fingerprint density at radius 3 is 0.891 bits per heavy atom. The van der Waals surface area contributed by atoms with Gasteiger partial charge in [0.1, 0.15) is 0 Å². The molecule has 0 radical (unpaired) electrons. The number of benzene rings is 2. The summed E-state index contributed by atoms with van der Waals surface area (Å²) >= 11 is 3.29. The molecule has 0 atom stereocenters. The summed E-state index contributed by atoms with van der Waals surface area (Å²) in [5, 5.41) is 9.36. The molecule has 0 amide bonds. The molecule has 0 spiro atoms. The van der Waals surface area contributed by atoms with E-state index >= 15 is 0 Å². The van der Waals surface area contributed by atoms with Crippen LogP contribution in [0.15, 0.2) is 60.7 Å². The van der Waals surface area contributed by atoms with Crippen molar-refractivity contribution < 1.29 is 52.5 Å². The van der Waals surface area contributed by atoms with Crippen LogP contribution in [0.5, 0.6) is 0 Å². The first-order valence-corrected chi connectivity index (χ1v) is 17.0. The summed E-state index contributed by atoms with van der Waals surface area (Å²) < 4.78 is 53.6. The minimum absolute atomic E-state index is 0.0421. The van der Waals surface area contributed by atoms with Crippen LogP contribution in [0.1, 0.15) is 11.1 Å². The van der Waals surface area contributed by atoms with Gasteiger partial charge in [0.25, 0.3) is 0 Å². The van der Waals surface area contributed by atoms with Crippen molar-refractivity contribution in [2.75, 3.05) is 131 Å². The van der Waals surface area contributed by atoms with E-state index in [1.54, 1.807) is 0 Å². The van der Waals surface area contributed by atoms with E-state index in [4.69, 9.17) is 52.5 Å². The van der Waals surface area contributed by atoms with Gasteiger partial charge < -0.3 is 52.5 Å². The Morgan fingerprint density at radius 2 is 0.609 bits per heavy atom. The van der Waals surface area contributed by atoms with Crippen molar-refractivity contribution in [3.05, 3.63) is 71.8 Å². The molecule has 2 aromatic rings. The summed E-state index contributed by atoms with van der Waals surface area (Å²) in [5.74, 6) is 0. The third-order valence-electron chi connectivity index (χ3n) is 5.66. The van der Waals surface area contributed by atoms with Gasteiger partial charge in [0.2, 0.25) is 0 Å². The largest absolute Gasteiger partial charge is 0.394 e. The quantitative estimate of drug-likeness (QED) is 0.0878. The van der Waals surface area contributed by atoms with E-state index in [0.717, 1.165) is 10.9 Å². The van der Waals surface area contributed by atoms with Gasteiger partial charge in [-0.3, -0.25) is 0 Å². The summed E-state index contributed by atoms with van der Waals surface area (Å²) in [6.07, 6.45) is 0. The number of rotatable bonds is 32. The van der Waals surface area contributed by atoms with Gasteiger partial charge in [-0.15, -0.1) is 0 Å². The minimum Gasteiger partial charge on any atom is -0.394 e. The van der Waals surface area contributed by atoms with E-state index in [1.807, 2.05) is 60.7 Å². The molecule has 0 unspecified atom stereocenters. The van der Waals surface area contributed by atoms with Crippen molar-refractivity contribution in [3.8, 4) is 0 Å². The van der Waals surface area contributed by atoms with E-state index < -0.39 is 0 Å². The van der Waals surface area contributed by atoms with Crippen LogP contribution in [0.4, 0.5) is 0 Å². The first kappa shape index (κ1) is 42.5. The van der Waals surface area contributed by atoms with E-state index in [0.29, 0.717) is 132 Å².